The summed E-state index contributed by atoms with van der Waals surface area (Å²) in [7, 11) is 4.02. The van der Waals surface area contributed by atoms with Gasteiger partial charge in [-0.1, -0.05) is 35.9 Å². The zero-order valence-corrected chi connectivity index (χ0v) is 19.9. The topological polar surface area (TPSA) is 58.3 Å². The SMILES string of the molecule is Cc1ccc(CN(C)C(=NCc2nnc(C)n2C)NCc2cccs2)cc1.I. The van der Waals surface area contributed by atoms with Gasteiger partial charge in [0.05, 0.1) is 6.54 Å². The van der Waals surface area contributed by atoms with Crippen LogP contribution in [0.5, 0.6) is 0 Å². The molecule has 0 aliphatic heterocycles. The number of guanidine groups is 1. The molecule has 2 heterocycles. The molecule has 0 saturated heterocycles. The van der Waals surface area contributed by atoms with Crippen molar-refractivity contribution in [2.75, 3.05) is 7.05 Å². The number of nitrogens with one attached hydrogen (secondary N) is 1. The molecular formula is C20H27IN6S. The fourth-order valence-corrected chi connectivity index (χ4v) is 3.31. The van der Waals surface area contributed by atoms with Crippen molar-refractivity contribution in [3.63, 3.8) is 0 Å². The van der Waals surface area contributed by atoms with E-state index in [1.54, 1.807) is 11.3 Å². The Labute approximate surface area is 187 Å². The third-order valence-electron chi connectivity index (χ3n) is 4.46. The van der Waals surface area contributed by atoms with Crippen molar-refractivity contribution in [3.05, 3.63) is 69.4 Å². The van der Waals surface area contributed by atoms with Gasteiger partial charge in [-0.2, -0.15) is 0 Å². The van der Waals surface area contributed by atoms with Crippen LogP contribution in [-0.2, 0) is 26.7 Å². The quantitative estimate of drug-likeness (QED) is 0.311. The summed E-state index contributed by atoms with van der Waals surface area (Å²) >= 11 is 1.74. The highest BCUT2D eigenvalue weighted by molar-refractivity contribution is 14.0. The summed E-state index contributed by atoms with van der Waals surface area (Å²) in [5.41, 5.74) is 2.52. The van der Waals surface area contributed by atoms with Crippen LogP contribution in [0.3, 0.4) is 0 Å². The maximum Gasteiger partial charge on any atom is 0.194 e. The van der Waals surface area contributed by atoms with Crippen molar-refractivity contribution in [3.8, 4) is 0 Å². The van der Waals surface area contributed by atoms with E-state index in [9.17, 15) is 0 Å². The van der Waals surface area contributed by atoms with Gasteiger partial charge in [0.2, 0.25) is 0 Å². The first-order chi connectivity index (χ1) is 13.0. The fourth-order valence-electron chi connectivity index (χ4n) is 2.67. The monoisotopic (exact) mass is 510 g/mol. The lowest BCUT2D eigenvalue weighted by Crippen LogP contribution is -2.38. The molecule has 6 nitrogen and oxygen atoms in total. The molecule has 0 unspecified atom stereocenters. The van der Waals surface area contributed by atoms with Crippen LogP contribution in [-0.4, -0.2) is 32.7 Å². The van der Waals surface area contributed by atoms with E-state index in [1.165, 1.54) is 16.0 Å². The van der Waals surface area contributed by atoms with E-state index >= 15 is 0 Å². The average molecular weight is 510 g/mol. The van der Waals surface area contributed by atoms with E-state index in [1.807, 2.05) is 18.5 Å². The van der Waals surface area contributed by atoms with Crippen LogP contribution in [0, 0.1) is 13.8 Å². The summed E-state index contributed by atoms with van der Waals surface area (Å²) in [5.74, 6) is 2.59. The van der Waals surface area contributed by atoms with Crippen molar-refractivity contribution in [2.45, 2.75) is 33.5 Å². The number of nitrogens with zero attached hydrogens (tertiary/aromatic N) is 5. The van der Waals surface area contributed by atoms with E-state index in [-0.39, 0.29) is 24.0 Å². The molecule has 0 radical (unpaired) electrons. The van der Waals surface area contributed by atoms with Crippen LogP contribution in [0.2, 0.25) is 0 Å². The van der Waals surface area contributed by atoms with Gasteiger partial charge in [0.1, 0.15) is 12.4 Å². The summed E-state index contributed by atoms with van der Waals surface area (Å²) in [6, 6.07) is 12.8. The van der Waals surface area contributed by atoms with Crippen LogP contribution >= 0.6 is 35.3 Å². The van der Waals surface area contributed by atoms with Gasteiger partial charge >= 0.3 is 0 Å². The van der Waals surface area contributed by atoms with Crippen molar-refractivity contribution < 1.29 is 0 Å². The second-order valence-corrected chi connectivity index (χ2v) is 7.67. The highest BCUT2D eigenvalue weighted by Gasteiger charge is 2.10. The first-order valence-electron chi connectivity index (χ1n) is 8.95. The predicted molar refractivity (Wildman–Crippen MR) is 126 cm³/mol. The minimum absolute atomic E-state index is 0. The molecule has 28 heavy (non-hydrogen) atoms. The number of aryl methyl sites for hydroxylation is 2. The van der Waals surface area contributed by atoms with E-state index in [2.05, 4.69) is 76.2 Å². The summed E-state index contributed by atoms with van der Waals surface area (Å²) < 4.78 is 1.97. The smallest absolute Gasteiger partial charge is 0.194 e. The number of rotatable bonds is 6. The molecule has 0 aliphatic rings. The van der Waals surface area contributed by atoms with Gasteiger partial charge in [-0.15, -0.1) is 45.5 Å². The van der Waals surface area contributed by atoms with Gasteiger partial charge in [0.15, 0.2) is 11.8 Å². The van der Waals surface area contributed by atoms with Crippen LogP contribution in [0.15, 0.2) is 46.8 Å². The van der Waals surface area contributed by atoms with Gasteiger partial charge in [-0.25, -0.2) is 4.99 Å². The molecule has 0 amide bonds. The number of halogens is 1. The summed E-state index contributed by atoms with van der Waals surface area (Å²) in [5, 5.41) is 13.9. The average Bonchev–Trinajstić information content (AvgIpc) is 3.28. The molecule has 0 fully saturated rings. The third-order valence-corrected chi connectivity index (χ3v) is 5.33. The highest BCUT2D eigenvalue weighted by atomic mass is 127. The summed E-state index contributed by atoms with van der Waals surface area (Å²) in [6.07, 6.45) is 0. The number of aromatic nitrogens is 3. The minimum Gasteiger partial charge on any atom is -0.351 e. The maximum absolute atomic E-state index is 4.79. The van der Waals surface area contributed by atoms with Crippen LogP contribution in [0.25, 0.3) is 0 Å². The molecule has 150 valence electrons. The molecule has 0 bridgehead atoms. The zero-order chi connectivity index (χ0) is 19.2. The fraction of sp³-hybridized carbons (Fsp3) is 0.350. The molecule has 2 aromatic heterocycles. The molecule has 8 heteroatoms. The van der Waals surface area contributed by atoms with Gasteiger partial charge in [-0.05, 0) is 30.9 Å². The Hall–Kier alpha value is -1.94. The highest BCUT2D eigenvalue weighted by Crippen LogP contribution is 2.10. The molecule has 1 N–H and O–H groups in total. The molecule has 1 aromatic carbocycles. The van der Waals surface area contributed by atoms with Gasteiger partial charge in [-0.3, -0.25) is 0 Å². The van der Waals surface area contributed by atoms with Crippen molar-refractivity contribution in [1.82, 2.24) is 25.0 Å². The van der Waals surface area contributed by atoms with Crippen molar-refractivity contribution in [1.29, 1.82) is 0 Å². The maximum atomic E-state index is 4.79. The van der Waals surface area contributed by atoms with Crippen molar-refractivity contribution in [2.24, 2.45) is 12.0 Å². The first-order valence-corrected chi connectivity index (χ1v) is 9.83. The Morgan fingerprint density at radius 1 is 1.18 bits per heavy atom. The molecule has 0 saturated carbocycles. The number of thiophene rings is 1. The standard InChI is InChI=1S/C20H26N6S.HI/c1-15-7-9-17(10-8-15)14-25(3)20(21-12-18-6-5-11-27-18)22-13-19-24-23-16(2)26(19)4;/h5-11H,12-14H2,1-4H3,(H,21,22);1H. The number of hydrogen-bond donors (Lipinski definition) is 1. The second-order valence-electron chi connectivity index (χ2n) is 6.64. The Balaban J connectivity index is 0.00000280. The second kappa shape index (κ2) is 10.6. The lowest BCUT2D eigenvalue weighted by atomic mass is 10.1. The molecule has 0 atom stereocenters. The molecule has 0 spiro atoms. The van der Waals surface area contributed by atoms with Crippen LogP contribution in [0.1, 0.15) is 27.7 Å². The molecule has 3 aromatic rings. The third kappa shape index (κ3) is 6.03. The Kier molecular flexibility index (Phi) is 8.43. The van der Waals surface area contributed by atoms with E-state index in [4.69, 9.17) is 4.99 Å². The van der Waals surface area contributed by atoms with Gasteiger partial charge in [0.25, 0.3) is 0 Å². The Morgan fingerprint density at radius 3 is 2.54 bits per heavy atom. The van der Waals surface area contributed by atoms with E-state index < -0.39 is 0 Å². The van der Waals surface area contributed by atoms with E-state index in [0.717, 1.165) is 30.7 Å². The number of benzene rings is 1. The lowest BCUT2D eigenvalue weighted by molar-refractivity contribution is 0.474. The van der Waals surface area contributed by atoms with E-state index in [0.29, 0.717) is 6.54 Å². The molecular weight excluding hydrogens is 483 g/mol. The predicted octanol–water partition coefficient (Wildman–Crippen LogP) is 3.89. The summed E-state index contributed by atoms with van der Waals surface area (Å²) in [4.78, 5) is 8.21. The lowest BCUT2D eigenvalue weighted by Gasteiger charge is -2.22. The number of hydrogen-bond acceptors (Lipinski definition) is 4. The first kappa shape index (κ1) is 22.4. The molecule has 0 aliphatic carbocycles. The minimum atomic E-state index is 0. The largest absolute Gasteiger partial charge is 0.351 e. The zero-order valence-electron chi connectivity index (χ0n) is 16.7. The Bertz CT molecular complexity index is 886. The summed E-state index contributed by atoms with van der Waals surface area (Å²) in [6.45, 7) is 6.08. The van der Waals surface area contributed by atoms with Gasteiger partial charge < -0.3 is 14.8 Å². The van der Waals surface area contributed by atoms with Crippen molar-refractivity contribution >= 4 is 41.3 Å². The van der Waals surface area contributed by atoms with Gasteiger partial charge in [0, 0.05) is 25.5 Å². The van der Waals surface area contributed by atoms with Crippen LogP contribution < -0.4 is 5.32 Å². The van der Waals surface area contributed by atoms with Crippen LogP contribution in [0.4, 0.5) is 0 Å². The normalized spacial score (nSPS) is 11.2. The number of aliphatic imine (C=N–C) groups is 1. The Morgan fingerprint density at radius 2 is 1.93 bits per heavy atom. The molecule has 3 rings (SSSR count).